The number of rotatable bonds is 6. The van der Waals surface area contributed by atoms with Crippen LogP contribution in [0.25, 0.3) is 0 Å². The van der Waals surface area contributed by atoms with Crippen LogP contribution in [0.3, 0.4) is 0 Å². The van der Waals surface area contributed by atoms with Crippen molar-refractivity contribution in [3.63, 3.8) is 0 Å². The molecule has 2 heteroatoms. The van der Waals surface area contributed by atoms with Crippen molar-refractivity contribution in [3.8, 4) is 0 Å². The van der Waals surface area contributed by atoms with Gasteiger partial charge in [0.15, 0.2) is 0 Å². The highest BCUT2D eigenvalue weighted by molar-refractivity contribution is 5.29. The van der Waals surface area contributed by atoms with Crippen molar-refractivity contribution in [2.45, 2.75) is 58.2 Å². The van der Waals surface area contributed by atoms with E-state index in [2.05, 4.69) is 24.3 Å². The maximum atomic E-state index is 10.1. The second-order valence-electron chi connectivity index (χ2n) is 7.37. The summed E-state index contributed by atoms with van der Waals surface area (Å²) in [6.45, 7) is 7.25. The van der Waals surface area contributed by atoms with Crippen LogP contribution >= 0.6 is 0 Å². The van der Waals surface area contributed by atoms with E-state index in [1.54, 1.807) is 0 Å². The lowest BCUT2D eigenvalue weighted by atomic mass is 9.93. The van der Waals surface area contributed by atoms with E-state index >= 15 is 0 Å². The van der Waals surface area contributed by atoms with Crippen LogP contribution in [0.4, 0.5) is 0 Å². The topological polar surface area (TPSA) is 40.5 Å². The predicted octanol–water partition coefficient (Wildman–Crippen LogP) is 4.32. The number of hydrogen-bond acceptors (Lipinski definition) is 2. The van der Waals surface area contributed by atoms with Crippen LogP contribution in [0.1, 0.15) is 56.4 Å². The maximum Gasteiger partial charge on any atom is 0.0840 e. The Morgan fingerprint density at radius 3 is 1.43 bits per heavy atom. The maximum absolute atomic E-state index is 10.1. The molecule has 0 spiro atoms. The van der Waals surface area contributed by atoms with Gasteiger partial charge in [0.1, 0.15) is 0 Å². The molecule has 0 aromatic heterocycles. The first kappa shape index (κ1) is 17.7. The molecule has 0 amide bonds. The summed E-state index contributed by atoms with van der Waals surface area (Å²) >= 11 is 0. The first-order valence-electron chi connectivity index (χ1n) is 8.30. The lowest BCUT2D eigenvalue weighted by molar-refractivity contribution is 0.0780. The highest BCUT2D eigenvalue weighted by Gasteiger charge is 2.16. The Balaban J connectivity index is 1.98. The van der Waals surface area contributed by atoms with E-state index in [1.165, 1.54) is 11.1 Å². The van der Waals surface area contributed by atoms with Crippen molar-refractivity contribution in [2.24, 2.45) is 0 Å². The van der Waals surface area contributed by atoms with Gasteiger partial charge in [0.2, 0.25) is 0 Å². The van der Waals surface area contributed by atoms with Gasteiger partial charge < -0.3 is 10.2 Å². The van der Waals surface area contributed by atoms with Gasteiger partial charge in [-0.15, -0.1) is 0 Å². The minimum Gasteiger partial charge on any atom is -0.386 e. The van der Waals surface area contributed by atoms with Gasteiger partial charge >= 0.3 is 0 Å². The molecule has 0 aliphatic rings. The molecule has 0 saturated carbocycles. The van der Waals surface area contributed by atoms with E-state index in [-0.39, 0.29) is 0 Å². The molecule has 124 valence electrons. The zero-order valence-electron chi connectivity index (χ0n) is 14.6. The molecule has 0 saturated heterocycles. The molecule has 0 aliphatic carbocycles. The van der Waals surface area contributed by atoms with Gasteiger partial charge in [-0.2, -0.15) is 0 Å². The zero-order valence-corrected chi connectivity index (χ0v) is 14.6. The number of aryl methyl sites for hydroxylation is 2. The van der Waals surface area contributed by atoms with Crippen LogP contribution < -0.4 is 0 Å². The second-order valence-corrected chi connectivity index (χ2v) is 7.37. The molecule has 0 bridgehead atoms. The third-order valence-electron chi connectivity index (χ3n) is 4.20. The summed E-state index contributed by atoms with van der Waals surface area (Å²) in [5, 5.41) is 20.2. The van der Waals surface area contributed by atoms with E-state index in [0.717, 1.165) is 30.4 Å². The molecule has 0 heterocycles. The fraction of sp³-hybridized carbons (Fsp3) is 0.429. The van der Waals surface area contributed by atoms with Crippen LogP contribution in [0.15, 0.2) is 48.5 Å². The predicted molar refractivity (Wildman–Crippen MR) is 95.4 cm³/mol. The van der Waals surface area contributed by atoms with E-state index < -0.39 is 11.2 Å². The minimum absolute atomic E-state index is 0.795. The average Bonchev–Trinajstić information content (AvgIpc) is 2.46. The second kappa shape index (κ2) is 6.86. The highest BCUT2D eigenvalue weighted by Crippen LogP contribution is 2.23. The molecule has 2 N–H and O–H groups in total. The van der Waals surface area contributed by atoms with Crippen molar-refractivity contribution >= 4 is 0 Å². The van der Waals surface area contributed by atoms with Crippen LogP contribution in [0.2, 0.25) is 0 Å². The van der Waals surface area contributed by atoms with Crippen molar-refractivity contribution in [1.29, 1.82) is 0 Å². The van der Waals surface area contributed by atoms with Gasteiger partial charge in [0.25, 0.3) is 0 Å². The average molecular weight is 312 g/mol. The summed E-state index contributed by atoms with van der Waals surface area (Å²) in [6.07, 6.45) is 3.01. The molecule has 0 unspecified atom stereocenters. The van der Waals surface area contributed by atoms with E-state index in [0.29, 0.717) is 0 Å². The molecular weight excluding hydrogens is 284 g/mol. The molecule has 23 heavy (non-hydrogen) atoms. The van der Waals surface area contributed by atoms with Gasteiger partial charge in [-0.25, -0.2) is 0 Å². The zero-order chi connectivity index (χ0) is 17.1. The molecule has 0 aliphatic heterocycles. The Kier molecular flexibility index (Phi) is 5.28. The lowest BCUT2D eigenvalue weighted by Crippen LogP contribution is -2.15. The summed E-state index contributed by atoms with van der Waals surface area (Å²) in [6, 6.07) is 16.4. The van der Waals surface area contributed by atoms with E-state index in [4.69, 9.17) is 0 Å². The Bertz CT molecular complexity index is 588. The first-order valence-corrected chi connectivity index (χ1v) is 8.30. The standard InChI is InChI=1S/C21H28O2/c1-20(2,22)18-12-6-10-16(14-18)8-5-9-17-11-7-13-19(15-17)21(3,4)23/h6-7,10-15,22-23H,5,8-9H2,1-4H3. The van der Waals surface area contributed by atoms with Gasteiger partial charge in [-0.1, -0.05) is 48.5 Å². The van der Waals surface area contributed by atoms with Gasteiger partial charge in [-0.3, -0.25) is 0 Å². The third kappa shape index (κ3) is 5.19. The van der Waals surface area contributed by atoms with Crippen molar-refractivity contribution in [1.82, 2.24) is 0 Å². The summed E-state index contributed by atoms with van der Waals surface area (Å²) in [5.41, 5.74) is 2.83. The summed E-state index contributed by atoms with van der Waals surface area (Å²) in [4.78, 5) is 0. The summed E-state index contributed by atoms with van der Waals surface area (Å²) in [7, 11) is 0. The van der Waals surface area contributed by atoms with E-state index in [1.807, 2.05) is 52.0 Å². The normalized spacial score (nSPS) is 12.4. The molecule has 2 aromatic carbocycles. The van der Waals surface area contributed by atoms with Crippen molar-refractivity contribution < 1.29 is 10.2 Å². The van der Waals surface area contributed by atoms with Crippen LogP contribution in [0.5, 0.6) is 0 Å². The van der Waals surface area contributed by atoms with Gasteiger partial charge in [0, 0.05) is 0 Å². The summed E-state index contributed by atoms with van der Waals surface area (Å²) in [5.74, 6) is 0. The molecule has 2 nitrogen and oxygen atoms in total. The Hall–Kier alpha value is -1.64. The van der Waals surface area contributed by atoms with E-state index in [9.17, 15) is 10.2 Å². The molecule has 2 rings (SSSR count). The monoisotopic (exact) mass is 312 g/mol. The highest BCUT2D eigenvalue weighted by atomic mass is 16.3. The quantitative estimate of drug-likeness (QED) is 0.834. The first-order chi connectivity index (χ1) is 10.7. The number of benzene rings is 2. The smallest absolute Gasteiger partial charge is 0.0840 e. The van der Waals surface area contributed by atoms with Gasteiger partial charge in [-0.05, 0) is 69.2 Å². The van der Waals surface area contributed by atoms with Crippen LogP contribution in [-0.2, 0) is 24.0 Å². The minimum atomic E-state index is -0.795. The number of aliphatic hydroxyl groups is 2. The molecule has 0 radical (unpaired) electrons. The Morgan fingerprint density at radius 1 is 0.696 bits per heavy atom. The Labute approximate surface area is 139 Å². The van der Waals surface area contributed by atoms with Crippen molar-refractivity contribution in [2.75, 3.05) is 0 Å². The van der Waals surface area contributed by atoms with Gasteiger partial charge in [0.05, 0.1) is 11.2 Å². The fourth-order valence-electron chi connectivity index (χ4n) is 2.71. The third-order valence-corrected chi connectivity index (χ3v) is 4.20. The van der Waals surface area contributed by atoms with Crippen LogP contribution in [0, 0.1) is 0 Å². The van der Waals surface area contributed by atoms with Crippen molar-refractivity contribution in [3.05, 3.63) is 70.8 Å². The molecule has 2 aromatic rings. The molecule has 0 atom stereocenters. The molecule has 0 fully saturated rings. The summed E-state index contributed by atoms with van der Waals surface area (Å²) < 4.78 is 0. The Morgan fingerprint density at radius 2 is 1.09 bits per heavy atom. The SMILES string of the molecule is CC(C)(O)c1cccc(CCCc2cccc(C(C)(C)O)c2)c1. The molecular formula is C21H28O2. The number of hydrogen-bond donors (Lipinski definition) is 2. The fourth-order valence-corrected chi connectivity index (χ4v) is 2.71. The lowest BCUT2D eigenvalue weighted by Gasteiger charge is -2.19. The largest absolute Gasteiger partial charge is 0.386 e. The van der Waals surface area contributed by atoms with Crippen LogP contribution in [-0.4, -0.2) is 10.2 Å².